The fourth-order valence-electron chi connectivity index (χ4n) is 3.55. The number of rotatable bonds is 3. The van der Waals surface area contributed by atoms with Crippen molar-refractivity contribution in [2.75, 3.05) is 31.1 Å². The summed E-state index contributed by atoms with van der Waals surface area (Å²) in [6.07, 6.45) is 0. The van der Waals surface area contributed by atoms with Crippen LogP contribution in [-0.2, 0) is 6.54 Å². The molecule has 1 fully saturated rings. The minimum atomic E-state index is -0.313. The molecule has 2 heterocycles. The van der Waals surface area contributed by atoms with Crippen LogP contribution in [0.3, 0.4) is 0 Å². The quantitative estimate of drug-likeness (QED) is 0.699. The van der Waals surface area contributed by atoms with Gasteiger partial charge in [-0.05, 0) is 36.4 Å². The highest BCUT2D eigenvalue weighted by Gasteiger charge is 2.21. The molecule has 1 aliphatic rings. The minimum absolute atomic E-state index is 0.313. The second kappa shape index (κ2) is 7.31. The third-order valence-corrected chi connectivity index (χ3v) is 5.34. The lowest BCUT2D eigenvalue weighted by atomic mass is 10.1. The lowest BCUT2D eigenvalue weighted by Crippen LogP contribution is -3.13. The summed E-state index contributed by atoms with van der Waals surface area (Å²) in [5.74, 6) is 0. The molecular weight excluding hydrogens is 371 g/mol. The molecule has 0 bridgehead atoms. The normalized spacial score (nSPS) is 15.5. The first-order valence-electron chi connectivity index (χ1n) is 8.65. The average Bonchev–Trinajstić information content (AvgIpc) is 2.63. The Labute approximate surface area is 161 Å². The zero-order chi connectivity index (χ0) is 18.1. The van der Waals surface area contributed by atoms with E-state index in [0.29, 0.717) is 10.6 Å². The number of hydrogen-bond donors (Lipinski definition) is 1. The van der Waals surface area contributed by atoms with Crippen LogP contribution in [0.15, 0.2) is 57.7 Å². The van der Waals surface area contributed by atoms with Gasteiger partial charge in [0.25, 0.3) is 0 Å². The van der Waals surface area contributed by atoms with Crippen LogP contribution in [0.4, 0.5) is 5.69 Å². The van der Waals surface area contributed by atoms with E-state index in [1.807, 2.05) is 24.3 Å². The summed E-state index contributed by atoms with van der Waals surface area (Å²) in [5.41, 5.74) is 2.43. The molecule has 1 N–H and O–H groups in total. The Morgan fingerprint density at radius 3 is 2.54 bits per heavy atom. The van der Waals surface area contributed by atoms with Gasteiger partial charge < -0.3 is 14.2 Å². The van der Waals surface area contributed by atoms with Crippen LogP contribution in [0.2, 0.25) is 10.0 Å². The van der Waals surface area contributed by atoms with E-state index in [-0.39, 0.29) is 5.63 Å². The Bertz CT molecular complexity index is 995. The zero-order valence-corrected chi connectivity index (χ0v) is 15.7. The Kier molecular flexibility index (Phi) is 4.90. The van der Waals surface area contributed by atoms with Crippen molar-refractivity contribution in [2.24, 2.45) is 0 Å². The summed E-state index contributed by atoms with van der Waals surface area (Å²) in [4.78, 5) is 15.7. The molecule has 2 aromatic carbocycles. The van der Waals surface area contributed by atoms with E-state index >= 15 is 0 Å². The van der Waals surface area contributed by atoms with Crippen LogP contribution in [-0.4, -0.2) is 26.2 Å². The summed E-state index contributed by atoms with van der Waals surface area (Å²) < 4.78 is 5.29. The molecule has 4 rings (SSSR count). The van der Waals surface area contributed by atoms with Gasteiger partial charge in [-0.1, -0.05) is 29.3 Å². The maximum absolute atomic E-state index is 11.9. The molecule has 0 aliphatic carbocycles. The number of hydrogen-bond acceptors (Lipinski definition) is 3. The van der Waals surface area contributed by atoms with Gasteiger partial charge in [0, 0.05) is 32.7 Å². The number of piperazine rings is 1. The first kappa shape index (κ1) is 17.4. The van der Waals surface area contributed by atoms with Crippen molar-refractivity contribution in [1.82, 2.24) is 0 Å². The first-order chi connectivity index (χ1) is 12.6. The highest BCUT2D eigenvalue weighted by molar-refractivity contribution is 6.31. The standard InChI is InChI=1S/C20H18Cl2N2O2/c21-15-2-1-3-17(11-15)24-8-6-23(7-9-24)13-14-10-20(25)26-19-5-4-16(22)12-18(14)19/h1-5,10-12H,6-9,13H2/p+1. The number of nitrogens with zero attached hydrogens (tertiary/aromatic N) is 1. The van der Waals surface area contributed by atoms with E-state index in [2.05, 4.69) is 11.0 Å². The molecule has 0 saturated carbocycles. The van der Waals surface area contributed by atoms with Crippen LogP contribution in [0.5, 0.6) is 0 Å². The second-order valence-corrected chi connectivity index (χ2v) is 7.50. The molecular formula is C20H19Cl2N2O2+. The lowest BCUT2D eigenvalue weighted by molar-refractivity contribution is -0.914. The average molecular weight is 390 g/mol. The molecule has 134 valence electrons. The second-order valence-electron chi connectivity index (χ2n) is 6.62. The van der Waals surface area contributed by atoms with Crippen LogP contribution in [0.1, 0.15) is 5.56 Å². The molecule has 3 aromatic rings. The summed E-state index contributed by atoms with van der Waals surface area (Å²) >= 11 is 12.2. The van der Waals surface area contributed by atoms with E-state index in [0.717, 1.165) is 54.4 Å². The van der Waals surface area contributed by atoms with E-state index in [1.54, 1.807) is 18.2 Å². The number of fused-ring (bicyclic) bond motifs is 1. The number of anilines is 1. The Morgan fingerprint density at radius 1 is 1.00 bits per heavy atom. The van der Waals surface area contributed by atoms with Gasteiger partial charge in [0.1, 0.15) is 12.1 Å². The third kappa shape index (κ3) is 3.73. The van der Waals surface area contributed by atoms with E-state index in [4.69, 9.17) is 27.6 Å². The molecule has 0 unspecified atom stereocenters. The molecule has 0 amide bonds. The molecule has 1 saturated heterocycles. The van der Waals surface area contributed by atoms with Gasteiger partial charge in [0.05, 0.1) is 26.2 Å². The predicted octanol–water partition coefficient (Wildman–Crippen LogP) is 3.00. The minimum Gasteiger partial charge on any atom is -0.423 e. The van der Waals surface area contributed by atoms with Gasteiger partial charge in [0.2, 0.25) is 0 Å². The van der Waals surface area contributed by atoms with Gasteiger partial charge in [0.15, 0.2) is 0 Å². The first-order valence-corrected chi connectivity index (χ1v) is 9.40. The van der Waals surface area contributed by atoms with Gasteiger partial charge in [-0.15, -0.1) is 0 Å². The molecule has 4 nitrogen and oxygen atoms in total. The Balaban J connectivity index is 1.50. The summed E-state index contributed by atoms with van der Waals surface area (Å²) in [5, 5.41) is 2.33. The van der Waals surface area contributed by atoms with Gasteiger partial charge in [-0.25, -0.2) is 4.79 Å². The van der Waals surface area contributed by atoms with Gasteiger partial charge in [-0.2, -0.15) is 0 Å². The largest absolute Gasteiger partial charge is 0.423 e. The monoisotopic (exact) mass is 389 g/mol. The van der Waals surface area contributed by atoms with Crippen LogP contribution in [0, 0.1) is 0 Å². The summed E-state index contributed by atoms with van der Waals surface area (Å²) in [6.45, 7) is 4.68. The van der Waals surface area contributed by atoms with Crippen molar-refractivity contribution in [2.45, 2.75) is 6.54 Å². The lowest BCUT2D eigenvalue weighted by Gasteiger charge is -2.33. The number of quaternary nitrogens is 1. The Morgan fingerprint density at radius 2 is 1.77 bits per heavy atom. The van der Waals surface area contributed by atoms with Crippen molar-refractivity contribution in [3.05, 3.63) is 74.6 Å². The van der Waals surface area contributed by atoms with Crippen molar-refractivity contribution in [3.63, 3.8) is 0 Å². The van der Waals surface area contributed by atoms with Crippen LogP contribution < -0.4 is 15.4 Å². The highest BCUT2D eigenvalue weighted by atomic mass is 35.5. The zero-order valence-electron chi connectivity index (χ0n) is 14.2. The van der Waals surface area contributed by atoms with E-state index < -0.39 is 0 Å². The summed E-state index contributed by atoms with van der Waals surface area (Å²) in [6, 6.07) is 14.9. The van der Waals surface area contributed by atoms with Crippen molar-refractivity contribution < 1.29 is 9.32 Å². The molecule has 0 atom stereocenters. The smallest absolute Gasteiger partial charge is 0.336 e. The topological polar surface area (TPSA) is 37.9 Å². The van der Waals surface area contributed by atoms with Gasteiger partial charge in [-0.3, -0.25) is 0 Å². The third-order valence-electron chi connectivity index (χ3n) is 4.87. The van der Waals surface area contributed by atoms with E-state index in [9.17, 15) is 4.79 Å². The maximum Gasteiger partial charge on any atom is 0.336 e. The number of benzene rings is 2. The SMILES string of the molecule is O=c1cc(C[NH+]2CCN(c3cccc(Cl)c3)CC2)c2cc(Cl)ccc2o1. The predicted molar refractivity (Wildman–Crippen MR) is 106 cm³/mol. The van der Waals surface area contributed by atoms with Crippen molar-refractivity contribution in [3.8, 4) is 0 Å². The molecule has 26 heavy (non-hydrogen) atoms. The van der Waals surface area contributed by atoms with Crippen molar-refractivity contribution >= 4 is 39.9 Å². The van der Waals surface area contributed by atoms with Crippen LogP contribution in [0.25, 0.3) is 11.0 Å². The maximum atomic E-state index is 11.9. The van der Waals surface area contributed by atoms with E-state index in [1.165, 1.54) is 4.90 Å². The fraction of sp³-hybridized carbons (Fsp3) is 0.250. The highest BCUT2D eigenvalue weighted by Crippen LogP contribution is 2.22. The molecule has 1 aliphatic heterocycles. The molecule has 0 spiro atoms. The fourth-order valence-corrected chi connectivity index (χ4v) is 3.90. The number of halogens is 2. The molecule has 0 radical (unpaired) electrons. The molecule has 1 aromatic heterocycles. The molecule has 6 heteroatoms. The van der Waals surface area contributed by atoms with Gasteiger partial charge >= 0.3 is 5.63 Å². The number of nitrogens with one attached hydrogen (secondary N) is 1. The summed E-state index contributed by atoms with van der Waals surface area (Å²) in [7, 11) is 0. The Hall–Kier alpha value is -2.01. The van der Waals surface area contributed by atoms with Crippen molar-refractivity contribution in [1.29, 1.82) is 0 Å². The van der Waals surface area contributed by atoms with Crippen LogP contribution >= 0.6 is 23.2 Å².